The SMILES string of the molecule is CC(=O)c1ccc(S(=O)(=O)N2CCN(C(=O)c3ccccc3)CC2)cc1. The van der Waals surface area contributed by atoms with E-state index in [0.717, 1.165) is 0 Å². The standard InChI is InChI=1S/C19H20N2O4S/c1-15(22)16-7-9-18(10-8-16)26(24,25)21-13-11-20(12-14-21)19(23)17-5-3-2-4-6-17/h2-10H,11-14H2,1H3. The van der Waals surface area contributed by atoms with Gasteiger partial charge in [-0.2, -0.15) is 4.31 Å². The summed E-state index contributed by atoms with van der Waals surface area (Å²) in [6.07, 6.45) is 0. The summed E-state index contributed by atoms with van der Waals surface area (Å²) in [4.78, 5) is 25.6. The molecular formula is C19H20N2O4S. The van der Waals surface area contributed by atoms with E-state index in [4.69, 9.17) is 0 Å². The molecule has 26 heavy (non-hydrogen) atoms. The quantitative estimate of drug-likeness (QED) is 0.770. The van der Waals surface area contributed by atoms with Crippen molar-refractivity contribution in [2.24, 2.45) is 0 Å². The first-order chi connectivity index (χ1) is 12.4. The fraction of sp³-hybridized carbons (Fsp3) is 0.263. The van der Waals surface area contributed by atoms with E-state index in [1.54, 1.807) is 29.2 Å². The van der Waals surface area contributed by atoms with E-state index in [1.165, 1.54) is 35.5 Å². The van der Waals surface area contributed by atoms with Gasteiger partial charge < -0.3 is 4.90 Å². The van der Waals surface area contributed by atoms with Gasteiger partial charge in [-0.05, 0) is 31.2 Å². The molecular weight excluding hydrogens is 352 g/mol. The van der Waals surface area contributed by atoms with E-state index >= 15 is 0 Å². The molecule has 2 aromatic rings. The van der Waals surface area contributed by atoms with Crippen molar-refractivity contribution in [2.75, 3.05) is 26.2 Å². The number of hydrogen-bond acceptors (Lipinski definition) is 4. The number of Topliss-reactive ketones (excluding diaryl/α,β-unsaturated/α-hetero) is 1. The van der Waals surface area contributed by atoms with E-state index in [-0.39, 0.29) is 29.7 Å². The average molecular weight is 372 g/mol. The lowest BCUT2D eigenvalue weighted by Crippen LogP contribution is -2.50. The average Bonchev–Trinajstić information content (AvgIpc) is 2.68. The van der Waals surface area contributed by atoms with Crippen LogP contribution in [0.4, 0.5) is 0 Å². The minimum atomic E-state index is -3.63. The third kappa shape index (κ3) is 3.68. The highest BCUT2D eigenvalue weighted by Gasteiger charge is 2.30. The van der Waals surface area contributed by atoms with Gasteiger partial charge in [0.1, 0.15) is 0 Å². The normalized spacial score (nSPS) is 15.7. The molecule has 3 rings (SSSR count). The second-order valence-electron chi connectivity index (χ2n) is 6.14. The first-order valence-electron chi connectivity index (χ1n) is 8.35. The molecule has 0 N–H and O–H groups in total. The van der Waals surface area contributed by atoms with Crippen LogP contribution in [-0.2, 0) is 10.0 Å². The van der Waals surface area contributed by atoms with Gasteiger partial charge in [0.15, 0.2) is 5.78 Å². The van der Waals surface area contributed by atoms with Crippen LogP contribution in [0.5, 0.6) is 0 Å². The summed E-state index contributed by atoms with van der Waals surface area (Å²) in [7, 11) is -3.63. The number of sulfonamides is 1. The number of carbonyl (C=O) groups excluding carboxylic acids is 2. The molecule has 0 bridgehead atoms. The fourth-order valence-corrected chi connectivity index (χ4v) is 4.33. The third-order valence-corrected chi connectivity index (χ3v) is 6.36. The predicted molar refractivity (Wildman–Crippen MR) is 97.6 cm³/mol. The molecule has 0 saturated carbocycles. The summed E-state index contributed by atoms with van der Waals surface area (Å²) < 4.78 is 26.9. The Morgan fingerprint density at radius 2 is 1.38 bits per heavy atom. The maximum Gasteiger partial charge on any atom is 0.253 e. The first kappa shape index (κ1) is 18.3. The lowest BCUT2D eigenvalue weighted by atomic mass is 10.2. The molecule has 0 atom stereocenters. The third-order valence-electron chi connectivity index (χ3n) is 4.45. The second kappa shape index (κ2) is 7.39. The number of nitrogens with zero attached hydrogens (tertiary/aromatic N) is 2. The second-order valence-corrected chi connectivity index (χ2v) is 8.08. The zero-order valence-electron chi connectivity index (χ0n) is 14.5. The van der Waals surface area contributed by atoms with E-state index in [9.17, 15) is 18.0 Å². The van der Waals surface area contributed by atoms with Crippen LogP contribution in [0.25, 0.3) is 0 Å². The molecule has 1 heterocycles. The van der Waals surface area contributed by atoms with Gasteiger partial charge in [-0.15, -0.1) is 0 Å². The summed E-state index contributed by atoms with van der Waals surface area (Å²) in [5.41, 5.74) is 1.07. The van der Waals surface area contributed by atoms with Gasteiger partial charge in [0.25, 0.3) is 5.91 Å². The van der Waals surface area contributed by atoms with E-state index in [0.29, 0.717) is 24.2 Å². The van der Waals surface area contributed by atoms with Crippen molar-refractivity contribution in [1.29, 1.82) is 0 Å². The van der Waals surface area contributed by atoms with Crippen LogP contribution in [0.3, 0.4) is 0 Å². The Hall–Kier alpha value is -2.51. The maximum absolute atomic E-state index is 12.8. The smallest absolute Gasteiger partial charge is 0.253 e. The summed E-state index contributed by atoms with van der Waals surface area (Å²) in [5.74, 6) is -0.199. The van der Waals surface area contributed by atoms with Crippen LogP contribution in [0.15, 0.2) is 59.5 Å². The van der Waals surface area contributed by atoms with Gasteiger partial charge in [-0.1, -0.05) is 30.3 Å². The minimum Gasteiger partial charge on any atom is -0.336 e. The Bertz CT molecular complexity index is 900. The van der Waals surface area contributed by atoms with Crippen LogP contribution in [-0.4, -0.2) is 55.5 Å². The van der Waals surface area contributed by atoms with Crippen molar-refractivity contribution < 1.29 is 18.0 Å². The molecule has 136 valence electrons. The van der Waals surface area contributed by atoms with E-state index < -0.39 is 10.0 Å². The highest BCUT2D eigenvalue weighted by molar-refractivity contribution is 7.89. The molecule has 0 spiro atoms. The predicted octanol–water partition coefficient (Wildman–Crippen LogP) is 2.04. The summed E-state index contributed by atoms with van der Waals surface area (Å²) in [6, 6.07) is 14.9. The Morgan fingerprint density at radius 3 is 1.92 bits per heavy atom. The van der Waals surface area contributed by atoms with Crippen molar-refractivity contribution in [1.82, 2.24) is 9.21 Å². The van der Waals surface area contributed by atoms with Crippen LogP contribution >= 0.6 is 0 Å². The highest BCUT2D eigenvalue weighted by atomic mass is 32.2. The van der Waals surface area contributed by atoms with Crippen LogP contribution in [0, 0.1) is 0 Å². The first-order valence-corrected chi connectivity index (χ1v) is 9.79. The van der Waals surface area contributed by atoms with E-state index in [1.807, 2.05) is 6.07 Å². The molecule has 1 aliphatic heterocycles. The number of piperazine rings is 1. The van der Waals surface area contributed by atoms with Crippen molar-refractivity contribution in [3.63, 3.8) is 0 Å². The Balaban J connectivity index is 1.68. The molecule has 0 aromatic heterocycles. The number of ketones is 1. The van der Waals surface area contributed by atoms with Crippen molar-refractivity contribution in [2.45, 2.75) is 11.8 Å². The van der Waals surface area contributed by atoms with Gasteiger partial charge in [-0.3, -0.25) is 9.59 Å². The molecule has 0 aliphatic carbocycles. The Labute approximate surface area is 153 Å². The minimum absolute atomic E-state index is 0.0894. The highest BCUT2D eigenvalue weighted by Crippen LogP contribution is 2.19. The topological polar surface area (TPSA) is 74.8 Å². The lowest BCUT2D eigenvalue weighted by Gasteiger charge is -2.34. The van der Waals surface area contributed by atoms with Gasteiger partial charge in [0, 0.05) is 37.3 Å². The van der Waals surface area contributed by atoms with Crippen molar-refractivity contribution >= 4 is 21.7 Å². The van der Waals surface area contributed by atoms with Crippen molar-refractivity contribution in [3.05, 3.63) is 65.7 Å². The summed E-state index contributed by atoms with van der Waals surface area (Å²) in [5, 5.41) is 0. The molecule has 1 amide bonds. The number of rotatable bonds is 4. The van der Waals surface area contributed by atoms with Gasteiger partial charge in [-0.25, -0.2) is 8.42 Å². The van der Waals surface area contributed by atoms with Gasteiger partial charge in [0.2, 0.25) is 10.0 Å². The Morgan fingerprint density at radius 1 is 0.808 bits per heavy atom. The van der Waals surface area contributed by atoms with Crippen LogP contribution in [0.2, 0.25) is 0 Å². The van der Waals surface area contributed by atoms with Crippen LogP contribution < -0.4 is 0 Å². The molecule has 1 saturated heterocycles. The van der Waals surface area contributed by atoms with Gasteiger partial charge in [0.05, 0.1) is 4.90 Å². The monoisotopic (exact) mass is 372 g/mol. The van der Waals surface area contributed by atoms with E-state index in [2.05, 4.69) is 0 Å². The number of benzene rings is 2. The molecule has 0 unspecified atom stereocenters. The van der Waals surface area contributed by atoms with Crippen molar-refractivity contribution in [3.8, 4) is 0 Å². The number of hydrogen-bond donors (Lipinski definition) is 0. The molecule has 0 radical (unpaired) electrons. The largest absolute Gasteiger partial charge is 0.336 e. The zero-order chi connectivity index (χ0) is 18.7. The Kier molecular flexibility index (Phi) is 5.20. The lowest BCUT2D eigenvalue weighted by molar-refractivity contribution is 0.0698. The van der Waals surface area contributed by atoms with Crippen LogP contribution in [0.1, 0.15) is 27.6 Å². The zero-order valence-corrected chi connectivity index (χ0v) is 15.3. The van der Waals surface area contributed by atoms with Gasteiger partial charge >= 0.3 is 0 Å². The number of amides is 1. The molecule has 7 heteroatoms. The molecule has 2 aromatic carbocycles. The molecule has 6 nitrogen and oxygen atoms in total. The molecule has 1 aliphatic rings. The summed E-state index contributed by atoms with van der Waals surface area (Å²) in [6.45, 7) is 2.62. The summed E-state index contributed by atoms with van der Waals surface area (Å²) >= 11 is 0. The fourth-order valence-electron chi connectivity index (χ4n) is 2.91. The maximum atomic E-state index is 12.8. The number of carbonyl (C=O) groups is 2. The molecule has 1 fully saturated rings.